The lowest BCUT2D eigenvalue weighted by Gasteiger charge is -2.08. The van der Waals surface area contributed by atoms with Crippen LogP contribution in [0.4, 0.5) is 0 Å². The number of pyridine rings is 1. The van der Waals surface area contributed by atoms with Crippen molar-refractivity contribution in [2.45, 2.75) is 0 Å². The number of hydrogen-bond donors (Lipinski definition) is 0. The number of hydrogen-bond acceptors (Lipinski definition) is 5. The number of methoxy groups -OCH3 is 1. The van der Waals surface area contributed by atoms with E-state index in [2.05, 4.69) is 15.3 Å². The molecule has 2 aromatic carbocycles. The van der Waals surface area contributed by atoms with E-state index in [0.29, 0.717) is 5.52 Å². The van der Waals surface area contributed by atoms with Gasteiger partial charge in [-0.15, -0.1) is 5.10 Å². The second kappa shape index (κ2) is 6.16. The maximum Gasteiger partial charge on any atom is 0.356 e. The number of fused-ring (bicyclic) bond motifs is 1. The Morgan fingerprint density at radius 3 is 2.60 bits per heavy atom. The summed E-state index contributed by atoms with van der Waals surface area (Å²) >= 11 is 0. The van der Waals surface area contributed by atoms with Crippen molar-refractivity contribution in [3.63, 3.8) is 0 Å². The molecule has 0 aliphatic rings. The van der Waals surface area contributed by atoms with E-state index in [1.54, 1.807) is 10.7 Å². The van der Waals surface area contributed by atoms with Crippen LogP contribution in [0.3, 0.4) is 0 Å². The zero-order chi connectivity index (χ0) is 17.2. The van der Waals surface area contributed by atoms with Crippen molar-refractivity contribution in [2.24, 2.45) is 0 Å². The van der Waals surface area contributed by atoms with Gasteiger partial charge in [0, 0.05) is 10.9 Å². The zero-order valence-corrected chi connectivity index (χ0v) is 13.5. The molecule has 0 aliphatic heterocycles. The minimum absolute atomic E-state index is 0.230. The Morgan fingerprint density at radius 1 is 1.04 bits per heavy atom. The summed E-state index contributed by atoms with van der Waals surface area (Å²) in [4.78, 5) is 16.3. The summed E-state index contributed by atoms with van der Waals surface area (Å²) in [6.07, 6.45) is 1.83. The molecule has 0 unspecified atom stereocenters. The molecular weight excluding hydrogens is 316 g/mol. The van der Waals surface area contributed by atoms with Gasteiger partial charge in [0.2, 0.25) is 0 Å². The molecule has 0 aliphatic carbocycles. The number of nitrogens with zero attached hydrogens (tertiary/aromatic N) is 4. The monoisotopic (exact) mass is 330 g/mol. The number of benzene rings is 2. The van der Waals surface area contributed by atoms with Crippen LogP contribution in [0.5, 0.6) is 0 Å². The summed E-state index contributed by atoms with van der Waals surface area (Å²) in [7, 11) is 1.34. The number of aromatic nitrogens is 4. The van der Waals surface area contributed by atoms with Crippen molar-refractivity contribution in [1.29, 1.82) is 0 Å². The second-order valence-corrected chi connectivity index (χ2v) is 5.45. The standard InChI is InChI=1S/C19H14N4O2/c1-25-19(24)16-11-18(14-9-5-6-10-15(14)20-16)23-12-17(21-22-23)13-7-3-2-4-8-13/h2-12H,1H3. The van der Waals surface area contributed by atoms with Crippen LogP contribution in [0.2, 0.25) is 0 Å². The van der Waals surface area contributed by atoms with E-state index < -0.39 is 5.97 Å². The maximum atomic E-state index is 11.9. The van der Waals surface area contributed by atoms with Crippen molar-refractivity contribution < 1.29 is 9.53 Å². The van der Waals surface area contributed by atoms with Gasteiger partial charge >= 0.3 is 5.97 Å². The number of para-hydroxylation sites is 1. The predicted octanol–water partition coefficient (Wildman–Crippen LogP) is 3.27. The van der Waals surface area contributed by atoms with Crippen molar-refractivity contribution in [3.05, 3.63) is 72.6 Å². The zero-order valence-electron chi connectivity index (χ0n) is 13.5. The van der Waals surface area contributed by atoms with Gasteiger partial charge in [0.05, 0.1) is 24.5 Å². The van der Waals surface area contributed by atoms with Gasteiger partial charge in [0.1, 0.15) is 5.69 Å². The SMILES string of the molecule is COC(=O)c1cc(-n2cc(-c3ccccc3)nn2)c2ccccc2n1. The molecule has 4 rings (SSSR count). The lowest BCUT2D eigenvalue weighted by atomic mass is 10.1. The fourth-order valence-electron chi connectivity index (χ4n) is 2.68. The maximum absolute atomic E-state index is 11.9. The van der Waals surface area contributed by atoms with Gasteiger partial charge < -0.3 is 4.74 Å². The summed E-state index contributed by atoms with van der Waals surface area (Å²) in [6.45, 7) is 0. The molecule has 0 N–H and O–H groups in total. The average molecular weight is 330 g/mol. The largest absolute Gasteiger partial charge is 0.464 e. The van der Waals surface area contributed by atoms with Gasteiger partial charge in [0.15, 0.2) is 5.69 Å². The Labute approximate surface area is 143 Å². The highest BCUT2D eigenvalue weighted by Gasteiger charge is 2.15. The molecule has 122 valence electrons. The van der Waals surface area contributed by atoms with Gasteiger partial charge in [0.25, 0.3) is 0 Å². The molecule has 0 spiro atoms. The fourth-order valence-corrected chi connectivity index (χ4v) is 2.68. The van der Waals surface area contributed by atoms with Crippen LogP contribution in [-0.4, -0.2) is 33.1 Å². The Hall–Kier alpha value is -3.54. The molecule has 0 fully saturated rings. The third-order valence-corrected chi connectivity index (χ3v) is 3.90. The van der Waals surface area contributed by atoms with Gasteiger partial charge in [-0.25, -0.2) is 14.5 Å². The summed E-state index contributed by atoms with van der Waals surface area (Å²) in [6, 6.07) is 19.0. The van der Waals surface area contributed by atoms with Gasteiger partial charge in [-0.2, -0.15) is 0 Å². The van der Waals surface area contributed by atoms with Crippen LogP contribution >= 0.6 is 0 Å². The van der Waals surface area contributed by atoms with Crippen LogP contribution in [0, 0.1) is 0 Å². The minimum atomic E-state index is -0.490. The predicted molar refractivity (Wildman–Crippen MR) is 93.4 cm³/mol. The Bertz CT molecular complexity index is 1060. The van der Waals surface area contributed by atoms with E-state index >= 15 is 0 Å². The first-order chi connectivity index (χ1) is 12.3. The fraction of sp³-hybridized carbons (Fsp3) is 0.0526. The van der Waals surface area contributed by atoms with Crippen LogP contribution in [0.15, 0.2) is 66.9 Å². The Morgan fingerprint density at radius 2 is 1.80 bits per heavy atom. The molecule has 6 nitrogen and oxygen atoms in total. The first-order valence-electron chi connectivity index (χ1n) is 7.72. The first-order valence-corrected chi connectivity index (χ1v) is 7.72. The highest BCUT2D eigenvalue weighted by molar-refractivity contribution is 5.95. The normalized spacial score (nSPS) is 10.8. The number of rotatable bonds is 3. The number of carbonyl (C=O) groups excluding carboxylic acids is 1. The third kappa shape index (κ3) is 2.74. The smallest absolute Gasteiger partial charge is 0.356 e. The Balaban J connectivity index is 1.89. The molecule has 25 heavy (non-hydrogen) atoms. The molecule has 2 heterocycles. The molecule has 0 amide bonds. The second-order valence-electron chi connectivity index (χ2n) is 5.45. The van der Waals surface area contributed by atoms with E-state index in [-0.39, 0.29) is 5.69 Å². The average Bonchev–Trinajstić information content (AvgIpc) is 3.17. The molecule has 0 saturated carbocycles. The van der Waals surface area contributed by atoms with Crippen LogP contribution < -0.4 is 0 Å². The van der Waals surface area contributed by atoms with E-state index in [9.17, 15) is 4.79 Å². The lowest BCUT2D eigenvalue weighted by molar-refractivity contribution is 0.0594. The lowest BCUT2D eigenvalue weighted by Crippen LogP contribution is -2.07. The van der Waals surface area contributed by atoms with Crippen molar-refractivity contribution in [2.75, 3.05) is 7.11 Å². The molecule has 0 radical (unpaired) electrons. The van der Waals surface area contributed by atoms with Crippen LogP contribution in [-0.2, 0) is 4.74 Å². The van der Waals surface area contributed by atoms with Gasteiger partial charge in [-0.05, 0) is 12.1 Å². The summed E-state index contributed by atoms with van der Waals surface area (Å²) in [5.74, 6) is -0.490. The topological polar surface area (TPSA) is 69.9 Å². The van der Waals surface area contributed by atoms with Gasteiger partial charge in [-0.3, -0.25) is 0 Å². The number of ether oxygens (including phenoxy) is 1. The molecule has 0 atom stereocenters. The van der Waals surface area contributed by atoms with Gasteiger partial charge in [-0.1, -0.05) is 53.7 Å². The Kier molecular flexibility index (Phi) is 3.70. The van der Waals surface area contributed by atoms with E-state index in [0.717, 1.165) is 22.3 Å². The molecule has 4 aromatic rings. The van der Waals surface area contributed by atoms with E-state index in [4.69, 9.17) is 4.74 Å². The molecule has 0 saturated heterocycles. The van der Waals surface area contributed by atoms with Crippen molar-refractivity contribution in [3.8, 4) is 16.9 Å². The van der Waals surface area contributed by atoms with Crippen molar-refractivity contribution in [1.82, 2.24) is 20.0 Å². The molecule has 6 heteroatoms. The highest BCUT2D eigenvalue weighted by Crippen LogP contribution is 2.24. The van der Waals surface area contributed by atoms with E-state index in [1.165, 1.54) is 7.11 Å². The quantitative estimate of drug-likeness (QED) is 0.539. The number of carbonyl (C=O) groups is 1. The highest BCUT2D eigenvalue weighted by atomic mass is 16.5. The third-order valence-electron chi connectivity index (χ3n) is 3.90. The molecule has 2 aromatic heterocycles. The number of esters is 1. The summed E-state index contributed by atoms with van der Waals surface area (Å²) in [5.41, 5.74) is 3.37. The van der Waals surface area contributed by atoms with Crippen LogP contribution in [0.1, 0.15) is 10.5 Å². The first kappa shape index (κ1) is 15.0. The molecule has 0 bridgehead atoms. The van der Waals surface area contributed by atoms with Crippen molar-refractivity contribution >= 4 is 16.9 Å². The summed E-state index contributed by atoms with van der Waals surface area (Å²) < 4.78 is 6.46. The molecular formula is C19H14N4O2. The summed E-state index contributed by atoms with van der Waals surface area (Å²) in [5, 5.41) is 9.34. The minimum Gasteiger partial charge on any atom is -0.464 e. The van der Waals surface area contributed by atoms with E-state index in [1.807, 2.05) is 60.8 Å². The van der Waals surface area contributed by atoms with Crippen LogP contribution in [0.25, 0.3) is 27.8 Å².